The van der Waals surface area contributed by atoms with Crippen LogP contribution < -0.4 is 14.8 Å². The van der Waals surface area contributed by atoms with Crippen LogP contribution in [0.15, 0.2) is 18.2 Å². The number of aliphatic hydroxyl groups is 1. The lowest BCUT2D eigenvalue weighted by atomic mass is 9.95. The standard InChI is InChI=1S/C15H25NO3/c1-11(2)9-16-10-15(3,17)12-6-7-13(18-4)14(8-12)19-5/h6-8,11,16-17H,9-10H2,1-5H3. The van der Waals surface area contributed by atoms with Crippen LogP contribution in [0.4, 0.5) is 0 Å². The van der Waals surface area contributed by atoms with Gasteiger partial charge < -0.3 is 19.9 Å². The van der Waals surface area contributed by atoms with Crippen LogP contribution in [0.25, 0.3) is 0 Å². The maximum absolute atomic E-state index is 10.5. The normalized spacial score (nSPS) is 14.3. The third-order valence-corrected chi connectivity index (χ3v) is 3.03. The molecule has 2 N–H and O–H groups in total. The van der Waals surface area contributed by atoms with E-state index in [4.69, 9.17) is 9.47 Å². The lowest BCUT2D eigenvalue weighted by Gasteiger charge is -2.25. The predicted octanol–water partition coefficient (Wildman–Crippen LogP) is 2.16. The summed E-state index contributed by atoms with van der Waals surface area (Å²) in [5, 5.41) is 13.8. The van der Waals surface area contributed by atoms with Crippen LogP contribution in [-0.2, 0) is 5.60 Å². The van der Waals surface area contributed by atoms with E-state index in [1.807, 2.05) is 18.2 Å². The second-order valence-electron chi connectivity index (χ2n) is 5.37. The Bertz CT molecular complexity index is 402. The fraction of sp³-hybridized carbons (Fsp3) is 0.600. The van der Waals surface area contributed by atoms with Crippen molar-refractivity contribution in [2.45, 2.75) is 26.4 Å². The van der Waals surface area contributed by atoms with Gasteiger partial charge in [-0.2, -0.15) is 0 Å². The molecule has 19 heavy (non-hydrogen) atoms. The molecule has 0 aromatic heterocycles. The van der Waals surface area contributed by atoms with Gasteiger partial charge in [0.05, 0.1) is 19.8 Å². The molecule has 0 aliphatic carbocycles. The Kier molecular flexibility index (Phi) is 5.63. The maximum Gasteiger partial charge on any atom is 0.161 e. The first-order valence-corrected chi connectivity index (χ1v) is 6.56. The molecule has 1 unspecified atom stereocenters. The molecule has 0 bridgehead atoms. The molecule has 4 nitrogen and oxygen atoms in total. The number of benzene rings is 1. The number of hydrogen-bond acceptors (Lipinski definition) is 4. The molecule has 0 saturated carbocycles. The molecule has 1 aromatic rings. The fourth-order valence-electron chi connectivity index (χ4n) is 1.88. The number of nitrogens with one attached hydrogen (secondary N) is 1. The molecule has 0 amide bonds. The molecule has 0 aliphatic heterocycles. The lowest BCUT2D eigenvalue weighted by Crippen LogP contribution is -2.37. The Morgan fingerprint density at radius 1 is 1.21 bits per heavy atom. The minimum atomic E-state index is -0.936. The molecular formula is C15H25NO3. The van der Waals surface area contributed by atoms with Crippen molar-refractivity contribution >= 4 is 0 Å². The quantitative estimate of drug-likeness (QED) is 0.795. The summed E-state index contributed by atoms with van der Waals surface area (Å²) in [6.07, 6.45) is 0. The van der Waals surface area contributed by atoms with E-state index in [0.717, 1.165) is 12.1 Å². The minimum Gasteiger partial charge on any atom is -0.493 e. The molecule has 4 heteroatoms. The van der Waals surface area contributed by atoms with Gasteiger partial charge in [0.2, 0.25) is 0 Å². The van der Waals surface area contributed by atoms with Crippen LogP contribution in [0.2, 0.25) is 0 Å². The van der Waals surface area contributed by atoms with Crippen molar-refractivity contribution in [3.8, 4) is 11.5 Å². The summed E-state index contributed by atoms with van der Waals surface area (Å²) in [7, 11) is 3.19. The average molecular weight is 267 g/mol. The van der Waals surface area contributed by atoms with Crippen molar-refractivity contribution in [3.63, 3.8) is 0 Å². The summed E-state index contributed by atoms with van der Waals surface area (Å²) in [6, 6.07) is 5.49. The van der Waals surface area contributed by atoms with Crippen molar-refractivity contribution in [3.05, 3.63) is 23.8 Å². The highest BCUT2D eigenvalue weighted by Crippen LogP contribution is 2.31. The van der Waals surface area contributed by atoms with Crippen LogP contribution in [0.5, 0.6) is 11.5 Å². The second-order valence-corrected chi connectivity index (χ2v) is 5.37. The summed E-state index contributed by atoms with van der Waals surface area (Å²) in [6.45, 7) is 7.45. The maximum atomic E-state index is 10.5. The van der Waals surface area contributed by atoms with Gasteiger partial charge in [-0.1, -0.05) is 19.9 Å². The van der Waals surface area contributed by atoms with Crippen molar-refractivity contribution < 1.29 is 14.6 Å². The van der Waals surface area contributed by atoms with Crippen LogP contribution in [0.1, 0.15) is 26.3 Å². The Morgan fingerprint density at radius 2 is 1.84 bits per heavy atom. The van der Waals surface area contributed by atoms with Gasteiger partial charge in [0, 0.05) is 6.54 Å². The monoisotopic (exact) mass is 267 g/mol. The van der Waals surface area contributed by atoms with E-state index >= 15 is 0 Å². The van der Waals surface area contributed by atoms with E-state index < -0.39 is 5.60 Å². The van der Waals surface area contributed by atoms with Gasteiger partial charge in [-0.3, -0.25) is 0 Å². The smallest absolute Gasteiger partial charge is 0.161 e. The Morgan fingerprint density at radius 3 is 2.37 bits per heavy atom. The van der Waals surface area contributed by atoms with Gasteiger partial charge in [-0.25, -0.2) is 0 Å². The van der Waals surface area contributed by atoms with Gasteiger partial charge in [0.15, 0.2) is 11.5 Å². The number of methoxy groups -OCH3 is 2. The summed E-state index contributed by atoms with van der Waals surface area (Å²) < 4.78 is 10.5. The fourth-order valence-corrected chi connectivity index (χ4v) is 1.88. The van der Waals surface area contributed by atoms with E-state index in [0.29, 0.717) is 24.0 Å². The molecule has 108 valence electrons. The molecule has 0 aliphatic rings. The van der Waals surface area contributed by atoms with Crippen molar-refractivity contribution in [1.82, 2.24) is 5.32 Å². The third kappa shape index (κ3) is 4.40. The third-order valence-electron chi connectivity index (χ3n) is 3.03. The number of ether oxygens (including phenoxy) is 2. The summed E-state index contributed by atoms with van der Waals surface area (Å²) >= 11 is 0. The summed E-state index contributed by atoms with van der Waals surface area (Å²) in [5.41, 5.74) is -0.129. The van der Waals surface area contributed by atoms with E-state index in [1.165, 1.54) is 0 Å². The van der Waals surface area contributed by atoms with Gasteiger partial charge >= 0.3 is 0 Å². The Balaban J connectivity index is 2.82. The van der Waals surface area contributed by atoms with Gasteiger partial charge in [0.1, 0.15) is 0 Å². The zero-order valence-corrected chi connectivity index (χ0v) is 12.5. The van der Waals surface area contributed by atoms with Gasteiger partial charge in [-0.15, -0.1) is 0 Å². The number of rotatable bonds is 7. The first-order valence-electron chi connectivity index (χ1n) is 6.56. The van der Waals surface area contributed by atoms with Crippen LogP contribution >= 0.6 is 0 Å². The van der Waals surface area contributed by atoms with Gasteiger partial charge in [0.25, 0.3) is 0 Å². The largest absolute Gasteiger partial charge is 0.493 e. The molecule has 0 fully saturated rings. The molecule has 0 spiro atoms. The van der Waals surface area contributed by atoms with E-state index in [1.54, 1.807) is 21.1 Å². The lowest BCUT2D eigenvalue weighted by molar-refractivity contribution is 0.0561. The van der Waals surface area contributed by atoms with E-state index in [-0.39, 0.29) is 0 Å². The molecule has 0 radical (unpaired) electrons. The van der Waals surface area contributed by atoms with Crippen LogP contribution in [0.3, 0.4) is 0 Å². The van der Waals surface area contributed by atoms with Crippen molar-refractivity contribution in [2.24, 2.45) is 5.92 Å². The van der Waals surface area contributed by atoms with Crippen LogP contribution in [0, 0.1) is 5.92 Å². The van der Waals surface area contributed by atoms with Crippen molar-refractivity contribution in [2.75, 3.05) is 27.3 Å². The summed E-state index contributed by atoms with van der Waals surface area (Å²) in [4.78, 5) is 0. The van der Waals surface area contributed by atoms with Crippen LogP contribution in [-0.4, -0.2) is 32.4 Å². The molecular weight excluding hydrogens is 242 g/mol. The molecule has 1 atom stereocenters. The molecule has 0 heterocycles. The average Bonchev–Trinajstić information content (AvgIpc) is 2.37. The van der Waals surface area contributed by atoms with E-state index in [2.05, 4.69) is 19.2 Å². The Hall–Kier alpha value is -1.26. The Labute approximate surface area is 115 Å². The number of hydrogen-bond donors (Lipinski definition) is 2. The van der Waals surface area contributed by atoms with Crippen molar-refractivity contribution in [1.29, 1.82) is 0 Å². The minimum absolute atomic E-state index is 0.501. The van der Waals surface area contributed by atoms with Gasteiger partial charge in [-0.05, 0) is 37.1 Å². The highest BCUT2D eigenvalue weighted by atomic mass is 16.5. The SMILES string of the molecule is COc1ccc(C(C)(O)CNCC(C)C)cc1OC. The summed E-state index contributed by atoms with van der Waals surface area (Å²) in [5.74, 6) is 1.85. The zero-order valence-electron chi connectivity index (χ0n) is 12.5. The highest BCUT2D eigenvalue weighted by molar-refractivity contribution is 5.44. The topological polar surface area (TPSA) is 50.7 Å². The molecule has 1 rings (SSSR count). The molecule has 1 aromatic carbocycles. The first-order chi connectivity index (χ1) is 8.90. The predicted molar refractivity (Wildman–Crippen MR) is 76.8 cm³/mol. The zero-order chi connectivity index (χ0) is 14.5. The first kappa shape index (κ1) is 15.8. The highest BCUT2D eigenvalue weighted by Gasteiger charge is 2.24. The second kappa shape index (κ2) is 6.78. The molecule has 0 saturated heterocycles. The van der Waals surface area contributed by atoms with E-state index in [9.17, 15) is 5.11 Å².